The number of hydrogen-bond donors (Lipinski definition) is 2. The molecule has 2 N–H and O–H groups in total. The molecular formula is C20H34IN5O. The Balaban J connectivity index is 0.00000364. The molecule has 0 aliphatic carbocycles. The zero-order valence-electron chi connectivity index (χ0n) is 17.0. The molecule has 1 aliphatic rings. The molecule has 7 heteroatoms. The van der Waals surface area contributed by atoms with Gasteiger partial charge in [-0.1, -0.05) is 24.3 Å². The van der Waals surface area contributed by atoms with E-state index in [0.717, 1.165) is 51.4 Å². The third-order valence-electron chi connectivity index (χ3n) is 4.94. The van der Waals surface area contributed by atoms with Crippen molar-refractivity contribution in [2.24, 2.45) is 4.99 Å². The smallest absolute Gasteiger partial charge is 0.239 e. The van der Waals surface area contributed by atoms with Crippen molar-refractivity contribution >= 4 is 35.8 Å². The topological polar surface area (TPSA) is 60.0 Å². The Kier molecular flexibility index (Phi) is 10.7. The number of halogens is 1. The number of guanidine groups is 1. The molecule has 1 atom stereocenters. The van der Waals surface area contributed by atoms with Crippen LogP contribution in [0.2, 0.25) is 0 Å². The van der Waals surface area contributed by atoms with Gasteiger partial charge in [0.1, 0.15) is 0 Å². The molecule has 6 nitrogen and oxygen atoms in total. The summed E-state index contributed by atoms with van der Waals surface area (Å²) in [5.41, 5.74) is 2.55. The predicted molar refractivity (Wildman–Crippen MR) is 123 cm³/mol. The average molecular weight is 487 g/mol. The molecule has 2 rings (SSSR count). The normalized spacial score (nSPS) is 17.3. The van der Waals surface area contributed by atoms with E-state index < -0.39 is 0 Å². The number of likely N-dealkylation sites (N-methyl/N-ethyl adjacent to an activating group) is 1. The lowest BCUT2D eigenvalue weighted by atomic mass is 10.1. The highest BCUT2D eigenvalue weighted by Gasteiger charge is 2.30. The van der Waals surface area contributed by atoms with Gasteiger partial charge < -0.3 is 15.5 Å². The van der Waals surface area contributed by atoms with Gasteiger partial charge in [0, 0.05) is 40.8 Å². The van der Waals surface area contributed by atoms with Gasteiger partial charge in [-0.15, -0.1) is 24.0 Å². The maximum Gasteiger partial charge on any atom is 0.239 e. The van der Waals surface area contributed by atoms with Crippen molar-refractivity contribution < 1.29 is 4.79 Å². The van der Waals surface area contributed by atoms with E-state index >= 15 is 0 Å². The van der Waals surface area contributed by atoms with Gasteiger partial charge in [0.05, 0.1) is 6.04 Å². The van der Waals surface area contributed by atoms with Crippen molar-refractivity contribution in [3.05, 3.63) is 35.4 Å². The number of hydrogen-bond acceptors (Lipinski definition) is 3. The summed E-state index contributed by atoms with van der Waals surface area (Å²) in [5.74, 6) is 1.04. The van der Waals surface area contributed by atoms with E-state index in [2.05, 4.69) is 51.7 Å². The molecule has 1 aromatic rings. The molecule has 0 saturated carbocycles. The highest BCUT2D eigenvalue weighted by atomic mass is 127. The van der Waals surface area contributed by atoms with E-state index in [0.29, 0.717) is 0 Å². The van der Waals surface area contributed by atoms with E-state index in [1.807, 2.05) is 14.1 Å². The number of amides is 1. The fraction of sp³-hybridized carbons (Fsp3) is 0.600. The number of nitrogens with one attached hydrogen (secondary N) is 2. The summed E-state index contributed by atoms with van der Waals surface area (Å²) in [6.45, 7) is 5.68. The van der Waals surface area contributed by atoms with Gasteiger partial charge in [-0.2, -0.15) is 0 Å². The molecule has 1 amide bonds. The molecule has 1 fully saturated rings. The summed E-state index contributed by atoms with van der Waals surface area (Å²) in [7, 11) is 5.47. The highest BCUT2D eigenvalue weighted by Crippen LogP contribution is 2.18. The van der Waals surface area contributed by atoms with Crippen molar-refractivity contribution in [3.63, 3.8) is 0 Å². The van der Waals surface area contributed by atoms with Crippen LogP contribution in [0.15, 0.2) is 29.3 Å². The van der Waals surface area contributed by atoms with Gasteiger partial charge in [0.2, 0.25) is 5.91 Å². The van der Waals surface area contributed by atoms with Gasteiger partial charge >= 0.3 is 0 Å². The molecule has 1 aromatic carbocycles. The van der Waals surface area contributed by atoms with Crippen LogP contribution in [-0.4, -0.2) is 68.5 Å². The lowest BCUT2D eigenvalue weighted by Gasteiger charge is -2.26. The van der Waals surface area contributed by atoms with Crippen LogP contribution in [-0.2, 0) is 11.3 Å². The lowest BCUT2D eigenvalue weighted by molar-refractivity contribution is -0.133. The van der Waals surface area contributed by atoms with Crippen LogP contribution in [0.4, 0.5) is 0 Å². The maximum absolute atomic E-state index is 12.2. The number of aryl methyl sites for hydroxylation is 1. The largest absolute Gasteiger partial charge is 0.356 e. The van der Waals surface area contributed by atoms with E-state index in [-0.39, 0.29) is 35.9 Å². The number of carbonyl (C=O) groups is 1. The first-order valence-corrected chi connectivity index (χ1v) is 9.47. The molecule has 1 aliphatic heterocycles. The highest BCUT2D eigenvalue weighted by molar-refractivity contribution is 14.0. The fourth-order valence-corrected chi connectivity index (χ4v) is 3.37. The summed E-state index contributed by atoms with van der Waals surface area (Å²) in [4.78, 5) is 20.5. The Morgan fingerprint density at radius 1 is 1.30 bits per heavy atom. The number of likely N-dealkylation sites (tertiary alicyclic amines) is 1. The maximum atomic E-state index is 12.2. The first-order chi connectivity index (χ1) is 12.5. The first kappa shape index (κ1) is 23.7. The molecule has 152 valence electrons. The summed E-state index contributed by atoms with van der Waals surface area (Å²) in [6, 6.07) is 8.42. The van der Waals surface area contributed by atoms with Crippen molar-refractivity contribution in [1.29, 1.82) is 0 Å². The molecule has 0 spiro atoms. The predicted octanol–water partition coefficient (Wildman–Crippen LogP) is 2.22. The minimum absolute atomic E-state index is 0. The van der Waals surface area contributed by atoms with Crippen LogP contribution >= 0.6 is 24.0 Å². The molecule has 0 radical (unpaired) electrons. The summed E-state index contributed by atoms with van der Waals surface area (Å²) in [6.07, 6.45) is 3.07. The van der Waals surface area contributed by atoms with Gasteiger partial charge in [-0.25, -0.2) is 0 Å². The Hall–Kier alpha value is -1.35. The summed E-state index contributed by atoms with van der Waals surface area (Å²) < 4.78 is 0. The van der Waals surface area contributed by atoms with Gasteiger partial charge in [0.15, 0.2) is 5.96 Å². The quantitative estimate of drug-likeness (QED) is 0.268. The van der Waals surface area contributed by atoms with Gasteiger partial charge in [-0.3, -0.25) is 14.7 Å². The van der Waals surface area contributed by atoms with Crippen molar-refractivity contribution in [2.45, 2.75) is 38.8 Å². The molecule has 1 unspecified atom stereocenters. The fourth-order valence-electron chi connectivity index (χ4n) is 3.37. The number of benzene rings is 1. The monoisotopic (exact) mass is 487 g/mol. The number of carbonyl (C=O) groups excluding carboxylic acids is 1. The van der Waals surface area contributed by atoms with Crippen LogP contribution in [0.1, 0.15) is 30.4 Å². The second-order valence-corrected chi connectivity index (χ2v) is 7.06. The van der Waals surface area contributed by atoms with E-state index in [9.17, 15) is 4.79 Å². The minimum Gasteiger partial charge on any atom is -0.356 e. The third kappa shape index (κ3) is 7.29. The Bertz CT molecular complexity index is 620. The number of nitrogens with zero attached hydrogens (tertiary/aromatic N) is 3. The second-order valence-electron chi connectivity index (χ2n) is 7.06. The molecule has 1 heterocycles. The Morgan fingerprint density at radius 3 is 2.70 bits per heavy atom. The minimum atomic E-state index is 0. The zero-order valence-corrected chi connectivity index (χ0v) is 19.3. The van der Waals surface area contributed by atoms with Crippen molar-refractivity contribution in [1.82, 2.24) is 20.4 Å². The van der Waals surface area contributed by atoms with E-state index in [1.165, 1.54) is 11.1 Å². The summed E-state index contributed by atoms with van der Waals surface area (Å²) >= 11 is 0. The molecule has 0 aromatic heterocycles. The number of aliphatic imine (C=N–C) groups is 1. The van der Waals surface area contributed by atoms with Crippen LogP contribution in [0.5, 0.6) is 0 Å². The lowest BCUT2D eigenvalue weighted by Crippen LogP contribution is -2.44. The van der Waals surface area contributed by atoms with E-state index in [1.54, 1.807) is 11.9 Å². The first-order valence-electron chi connectivity index (χ1n) is 9.47. The van der Waals surface area contributed by atoms with Crippen molar-refractivity contribution in [3.8, 4) is 0 Å². The molecule has 0 bridgehead atoms. The van der Waals surface area contributed by atoms with Crippen LogP contribution in [0, 0.1) is 6.92 Å². The van der Waals surface area contributed by atoms with Crippen LogP contribution < -0.4 is 10.6 Å². The standard InChI is InChI=1S/C20H33N5O.HI/c1-16-9-5-6-10-17(16)15-23-20(21-2)22-12-8-14-25-13-7-11-18(25)19(26)24(3)4;/h5-6,9-10,18H,7-8,11-15H2,1-4H3,(H2,21,22,23);1H. The number of rotatable bonds is 7. The van der Waals surface area contributed by atoms with Crippen LogP contribution in [0.3, 0.4) is 0 Å². The molecule has 27 heavy (non-hydrogen) atoms. The summed E-state index contributed by atoms with van der Waals surface area (Å²) in [5, 5.41) is 6.73. The average Bonchev–Trinajstić information content (AvgIpc) is 3.10. The Morgan fingerprint density at radius 2 is 2.04 bits per heavy atom. The van der Waals surface area contributed by atoms with Gasteiger partial charge in [0.25, 0.3) is 0 Å². The van der Waals surface area contributed by atoms with Gasteiger partial charge in [-0.05, 0) is 43.9 Å². The van der Waals surface area contributed by atoms with Crippen LogP contribution in [0.25, 0.3) is 0 Å². The van der Waals surface area contributed by atoms with Crippen molar-refractivity contribution in [2.75, 3.05) is 40.8 Å². The second kappa shape index (κ2) is 12.2. The van der Waals surface area contributed by atoms with E-state index in [4.69, 9.17) is 0 Å². The molecular weight excluding hydrogens is 453 g/mol. The molecule has 1 saturated heterocycles. The zero-order chi connectivity index (χ0) is 18.9. The SMILES string of the molecule is CN=C(NCCCN1CCCC1C(=O)N(C)C)NCc1ccccc1C.I. The Labute approximate surface area is 180 Å². The third-order valence-corrected chi connectivity index (χ3v) is 4.94.